The molecule has 0 unspecified atom stereocenters. The smallest absolute Gasteiger partial charge is 0.255 e. The van der Waals surface area contributed by atoms with E-state index >= 15 is 0 Å². The Morgan fingerprint density at radius 2 is 2.47 bits per heavy atom. The van der Waals surface area contributed by atoms with E-state index in [2.05, 4.69) is 4.98 Å². The molecule has 1 atom stereocenters. The summed E-state index contributed by atoms with van der Waals surface area (Å²) in [6.07, 6.45) is 2.58. The second-order valence-electron chi connectivity index (χ2n) is 4.66. The number of aromatic nitrogens is 1. The van der Waals surface area contributed by atoms with Crippen molar-refractivity contribution in [1.82, 2.24) is 9.88 Å². The molecule has 104 valence electrons. The summed E-state index contributed by atoms with van der Waals surface area (Å²) < 4.78 is 10.7. The van der Waals surface area contributed by atoms with Gasteiger partial charge in [0.25, 0.3) is 5.91 Å². The third kappa shape index (κ3) is 3.52. The molecule has 1 aliphatic heterocycles. The summed E-state index contributed by atoms with van der Waals surface area (Å²) >= 11 is 0. The van der Waals surface area contributed by atoms with E-state index in [1.165, 1.54) is 0 Å². The molecule has 1 aliphatic rings. The molecule has 0 aromatic carbocycles. The standard InChI is InChI=1S/C14H20N2O3/c1-11-13(4-3-6-15-11)14(17)16-7-9-19-12(10-16)5-8-18-2/h3-4,6,12H,5,7-10H2,1-2H3/t12-/m1/s1. The number of rotatable bonds is 4. The van der Waals surface area contributed by atoms with Crippen LogP contribution in [0, 0.1) is 6.92 Å². The first-order valence-electron chi connectivity index (χ1n) is 6.54. The minimum atomic E-state index is 0.0383. The molecule has 5 nitrogen and oxygen atoms in total. The molecule has 0 aliphatic carbocycles. The third-order valence-electron chi connectivity index (χ3n) is 3.31. The number of carbonyl (C=O) groups is 1. The van der Waals surface area contributed by atoms with Crippen LogP contribution < -0.4 is 0 Å². The normalized spacial score (nSPS) is 19.5. The lowest BCUT2D eigenvalue weighted by Gasteiger charge is -2.33. The topological polar surface area (TPSA) is 51.7 Å². The Morgan fingerprint density at radius 3 is 3.21 bits per heavy atom. The highest BCUT2D eigenvalue weighted by atomic mass is 16.5. The van der Waals surface area contributed by atoms with Crippen molar-refractivity contribution in [2.24, 2.45) is 0 Å². The number of ether oxygens (including phenoxy) is 2. The van der Waals surface area contributed by atoms with Crippen LogP contribution in [0.15, 0.2) is 18.3 Å². The van der Waals surface area contributed by atoms with Crippen molar-refractivity contribution in [2.45, 2.75) is 19.4 Å². The molecule has 1 fully saturated rings. The minimum absolute atomic E-state index is 0.0383. The largest absolute Gasteiger partial charge is 0.385 e. The lowest BCUT2D eigenvalue weighted by Crippen LogP contribution is -2.46. The van der Waals surface area contributed by atoms with Crippen LogP contribution in [0.25, 0.3) is 0 Å². The van der Waals surface area contributed by atoms with Gasteiger partial charge in [-0.2, -0.15) is 0 Å². The third-order valence-corrected chi connectivity index (χ3v) is 3.31. The molecule has 0 saturated carbocycles. The average Bonchev–Trinajstić information content (AvgIpc) is 2.45. The highest BCUT2D eigenvalue weighted by Crippen LogP contribution is 2.14. The van der Waals surface area contributed by atoms with Crippen molar-refractivity contribution in [1.29, 1.82) is 0 Å². The van der Waals surface area contributed by atoms with E-state index < -0.39 is 0 Å². The number of amides is 1. The summed E-state index contributed by atoms with van der Waals surface area (Å²) in [4.78, 5) is 18.4. The van der Waals surface area contributed by atoms with E-state index in [1.54, 1.807) is 19.4 Å². The Hall–Kier alpha value is -1.46. The Bertz CT molecular complexity index is 436. The molecule has 2 rings (SSSR count). The van der Waals surface area contributed by atoms with Gasteiger partial charge in [0.15, 0.2) is 0 Å². The Kier molecular flexibility index (Phi) is 4.87. The Labute approximate surface area is 113 Å². The molecule has 1 saturated heterocycles. The molecule has 0 radical (unpaired) electrons. The van der Waals surface area contributed by atoms with Crippen LogP contribution in [0.3, 0.4) is 0 Å². The summed E-state index contributed by atoms with van der Waals surface area (Å²) in [7, 11) is 1.67. The van der Waals surface area contributed by atoms with Crippen LogP contribution in [0.5, 0.6) is 0 Å². The van der Waals surface area contributed by atoms with Crippen LogP contribution in [-0.2, 0) is 9.47 Å². The van der Waals surface area contributed by atoms with Gasteiger partial charge >= 0.3 is 0 Å². The number of morpholine rings is 1. The van der Waals surface area contributed by atoms with Crippen molar-refractivity contribution < 1.29 is 14.3 Å². The number of methoxy groups -OCH3 is 1. The van der Waals surface area contributed by atoms with Gasteiger partial charge in [0.05, 0.1) is 18.3 Å². The zero-order valence-electron chi connectivity index (χ0n) is 11.5. The molecular formula is C14H20N2O3. The predicted molar refractivity (Wildman–Crippen MR) is 71.1 cm³/mol. The molecule has 0 N–H and O–H groups in total. The SMILES string of the molecule is COCC[C@@H]1CN(C(=O)c2cccnc2C)CCO1. The molecule has 0 spiro atoms. The fourth-order valence-electron chi connectivity index (χ4n) is 2.21. The van der Waals surface area contributed by atoms with Crippen LogP contribution in [0.2, 0.25) is 0 Å². The van der Waals surface area contributed by atoms with Gasteiger partial charge in [-0.25, -0.2) is 0 Å². The number of carbonyl (C=O) groups excluding carboxylic acids is 1. The highest BCUT2D eigenvalue weighted by molar-refractivity contribution is 5.95. The lowest BCUT2D eigenvalue weighted by molar-refractivity contribution is -0.0333. The first-order valence-corrected chi connectivity index (χ1v) is 6.54. The van der Waals surface area contributed by atoms with Gasteiger partial charge in [-0.05, 0) is 25.5 Å². The monoisotopic (exact) mass is 264 g/mol. The van der Waals surface area contributed by atoms with Crippen molar-refractivity contribution in [2.75, 3.05) is 33.4 Å². The Balaban J connectivity index is 2.01. The summed E-state index contributed by atoms with van der Waals surface area (Å²) in [6, 6.07) is 3.62. The van der Waals surface area contributed by atoms with E-state index in [0.29, 0.717) is 31.9 Å². The fraction of sp³-hybridized carbons (Fsp3) is 0.571. The van der Waals surface area contributed by atoms with Crippen LogP contribution in [-0.4, -0.2) is 55.3 Å². The second kappa shape index (κ2) is 6.63. The van der Waals surface area contributed by atoms with E-state index in [4.69, 9.17) is 9.47 Å². The molecule has 1 amide bonds. The van der Waals surface area contributed by atoms with Gasteiger partial charge < -0.3 is 14.4 Å². The predicted octanol–water partition coefficient (Wildman–Crippen LogP) is 1.27. The molecule has 1 aromatic rings. The van der Waals surface area contributed by atoms with Crippen LogP contribution >= 0.6 is 0 Å². The van der Waals surface area contributed by atoms with Gasteiger partial charge in [-0.3, -0.25) is 9.78 Å². The summed E-state index contributed by atoms with van der Waals surface area (Å²) in [6.45, 7) is 4.35. The molecule has 0 bridgehead atoms. The maximum Gasteiger partial charge on any atom is 0.255 e. The van der Waals surface area contributed by atoms with E-state index in [9.17, 15) is 4.79 Å². The van der Waals surface area contributed by atoms with Gasteiger partial charge in [-0.15, -0.1) is 0 Å². The van der Waals surface area contributed by atoms with Crippen molar-refractivity contribution >= 4 is 5.91 Å². The summed E-state index contributed by atoms with van der Waals surface area (Å²) in [5, 5.41) is 0. The summed E-state index contributed by atoms with van der Waals surface area (Å²) in [5.41, 5.74) is 1.45. The fourth-order valence-corrected chi connectivity index (χ4v) is 2.21. The molecule has 5 heteroatoms. The van der Waals surface area contributed by atoms with Gasteiger partial charge in [-0.1, -0.05) is 0 Å². The van der Waals surface area contributed by atoms with E-state index in [0.717, 1.165) is 12.1 Å². The van der Waals surface area contributed by atoms with Crippen LogP contribution in [0.1, 0.15) is 22.5 Å². The zero-order valence-corrected chi connectivity index (χ0v) is 11.5. The molecule has 1 aromatic heterocycles. The maximum absolute atomic E-state index is 12.4. The molecular weight excluding hydrogens is 244 g/mol. The number of pyridine rings is 1. The zero-order chi connectivity index (χ0) is 13.7. The van der Waals surface area contributed by atoms with Gasteiger partial charge in [0.1, 0.15) is 0 Å². The second-order valence-corrected chi connectivity index (χ2v) is 4.66. The number of hydrogen-bond donors (Lipinski definition) is 0. The Morgan fingerprint density at radius 1 is 1.63 bits per heavy atom. The first kappa shape index (κ1) is 14.0. The van der Waals surface area contributed by atoms with Gasteiger partial charge in [0, 0.05) is 38.7 Å². The van der Waals surface area contributed by atoms with Crippen molar-refractivity contribution in [3.05, 3.63) is 29.6 Å². The van der Waals surface area contributed by atoms with Crippen molar-refractivity contribution in [3.8, 4) is 0 Å². The first-order chi connectivity index (χ1) is 9.22. The van der Waals surface area contributed by atoms with Crippen molar-refractivity contribution in [3.63, 3.8) is 0 Å². The highest BCUT2D eigenvalue weighted by Gasteiger charge is 2.25. The number of nitrogens with zero attached hydrogens (tertiary/aromatic N) is 2. The average molecular weight is 264 g/mol. The van der Waals surface area contributed by atoms with Crippen LogP contribution in [0.4, 0.5) is 0 Å². The van der Waals surface area contributed by atoms with E-state index in [-0.39, 0.29) is 12.0 Å². The quantitative estimate of drug-likeness (QED) is 0.821. The number of hydrogen-bond acceptors (Lipinski definition) is 4. The number of aryl methyl sites for hydroxylation is 1. The molecule has 19 heavy (non-hydrogen) atoms. The maximum atomic E-state index is 12.4. The van der Waals surface area contributed by atoms with E-state index in [1.807, 2.05) is 17.9 Å². The molecule has 2 heterocycles. The summed E-state index contributed by atoms with van der Waals surface area (Å²) in [5.74, 6) is 0.0383. The lowest BCUT2D eigenvalue weighted by atomic mass is 10.1. The van der Waals surface area contributed by atoms with Gasteiger partial charge in [0.2, 0.25) is 0 Å². The minimum Gasteiger partial charge on any atom is -0.385 e.